The number of nitrogens with one attached hydrogen (secondary N) is 1. The molecule has 0 bridgehead atoms. The van der Waals surface area contributed by atoms with Gasteiger partial charge in [-0.05, 0) is 49.1 Å². The molecule has 1 nitrogen and oxygen atoms in total. The predicted octanol–water partition coefficient (Wildman–Crippen LogP) is 5.15. The van der Waals surface area contributed by atoms with Gasteiger partial charge in [0, 0.05) is 16.1 Å². The summed E-state index contributed by atoms with van der Waals surface area (Å²) in [5.41, 5.74) is 2.36. The fourth-order valence-electron chi connectivity index (χ4n) is 2.44. The molecule has 0 aliphatic heterocycles. The number of rotatable bonds is 7. The van der Waals surface area contributed by atoms with Crippen LogP contribution in [0.4, 0.5) is 0 Å². The molecule has 0 saturated heterocycles. The van der Waals surface area contributed by atoms with E-state index in [4.69, 9.17) is 23.2 Å². The van der Waals surface area contributed by atoms with Gasteiger partial charge in [-0.1, -0.05) is 66.5 Å². The molecule has 0 fully saturated rings. The Bertz CT molecular complexity index is 534. The van der Waals surface area contributed by atoms with E-state index in [-0.39, 0.29) is 0 Å². The van der Waals surface area contributed by atoms with Crippen molar-refractivity contribution in [1.29, 1.82) is 0 Å². The van der Waals surface area contributed by atoms with Gasteiger partial charge in [-0.25, -0.2) is 0 Å². The van der Waals surface area contributed by atoms with Crippen LogP contribution in [0.25, 0.3) is 0 Å². The monoisotopic (exact) mass is 321 g/mol. The second kappa shape index (κ2) is 8.43. The molecule has 1 unspecified atom stereocenters. The van der Waals surface area contributed by atoms with Crippen LogP contribution in [0.1, 0.15) is 24.5 Å². The number of halogens is 2. The molecule has 0 aliphatic rings. The minimum absolute atomic E-state index is 0.338. The Morgan fingerprint density at radius 3 is 2.19 bits per heavy atom. The maximum atomic E-state index is 6.30. The Kier molecular flexibility index (Phi) is 6.56. The predicted molar refractivity (Wildman–Crippen MR) is 92.4 cm³/mol. The summed E-state index contributed by atoms with van der Waals surface area (Å²) >= 11 is 12.6. The Labute approximate surface area is 137 Å². The summed E-state index contributed by atoms with van der Waals surface area (Å²) in [6.45, 7) is 3.18. The van der Waals surface area contributed by atoms with Crippen LogP contribution in [-0.4, -0.2) is 12.6 Å². The summed E-state index contributed by atoms with van der Waals surface area (Å²) in [6.07, 6.45) is 2.93. The largest absolute Gasteiger partial charge is 0.313 e. The van der Waals surface area contributed by atoms with Crippen LogP contribution in [-0.2, 0) is 12.8 Å². The van der Waals surface area contributed by atoms with Crippen molar-refractivity contribution >= 4 is 23.2 Å². The van der Waals surface area contributed by atoms with Crippen molar-refractivity contribution in [2.45, 2.75) is 32.2 Å². The van der Waals surface area contributed by atoms with Crippen molar-refractivity contribution in [3.63, 3.8) is 0 Å². The van der Waals surface area contributed by atoms with Gasteiger partial charge in [-0.15, -0.1) is 0 Å². The van der Waals surface area contributed by atoms with Gasteiger partial charge in [0.1, 0.15) is 0 Å². The van der Waals surface area contributed by atoms with Gasteiger partial charge in [0.05, 0.1) is 0 Å². The molecule has 0 radical (unpaired) electrons. The lowest BCUT2D eigenvalue weighted by Gasteiger charge is -2.20. The van der Waals surface area contributed by atoms with Gasteiger partial charge in [0.25, 0.3) is 0 Å². The Morgan fingerprint density at radius 1 is 0.905 bits per heavy atom. The van der Waals surface area contributed by atoms with Gasteiger partial charge in [-0.2, -0.15) is 0 Å². The van der Waals surface area contributed by atoms with Crippen molar-refractivity contribution < 1.29 is 0 Å². The average Bonchev–Trinajstić information content (AvgIpc) is 2.49. The molecule has 1 N–H and O–H groups in total. The standard InChI is InChI=1S/C18H21Cl2N/c1-2-11-21-15(12-14-7-4-3-5-8-14)13-16-17(19)9-6-10-18(16)20/h3-10,15,21H,2,11-13H2,1H3. The fourth-order valence-corrected chi connectivity index (χ4v) is 2.99. The molecule has 2 rings (SSSR count). The molecular weight excluding hydrogens is 301 g/mol. The number of hydrogen-bond acceptors (Lipinski definition) is 1. The molecule has 0 spiro atoms. The summed E-state index contributed by atoms with van der Waals surface area (Å²) < 4.78 is 0. The molecule has 0 amide bonds. The summed E-state index contributed by atoms with van der Waals surface area (Å²) in [4.78, 5) is 0. The van der Waals surface area contributed by atoms with E-state index >= 15 is 0 Å². The van der Waals surface area contributed by atoms with Gasteiger partial charge in [0.2, 0.25) is 0 Å². The topological polar surface area (TPSA) is 12.0 Å². The molecule has 3 heteroatoms. The van der Waals surface area contributed by atoms with Crippen LogP contribution < -0.4 is 5.32 Å². The second-order valence-electron chi connectivity index (χ2n) is 5.25. The maximum Gasteiger partial charge on any atom is 0.0453 e. The average molecular weight is 322 g/mol. The first-order valence-corrected chi connectivity index (χ1v) is 8.16. The van der Waals surface area contributed by atoms with Crippen LogP contribution in [0.2, 0.25) is 10.0 Å². The van der Waals surface area contributed by atoms with Crippen LogP contribution in [0.15, 0.2) is 48.5 Å². The molecule has 1 atom stereocenters. The highest BCUT2D eigenvalue weighted by molar-refractivity contribution is 6.36. The highest BCUT2D eigenvalue weighted by Crippen LogP contribution is 2.26. The Morgan fingerprint density at radius 2 is 1.57 bits per heavy atom. The van der Waals surface area contributed by atoms with Crippen molar-refractivity contribution in [2.75, 3.05) is 6.54 Å². The molecular formula is C18H21Cl2N. The van der Waals surface area contributed by atoms with E-state index in [1.807, 2.05) is 24.3 Å². The van der Waals surface area contributed by atoms with Crippen LogP contribution >= 0.6 is 23.2 Å². The highest BCUT2D eigenvalue weighted by Gasteiger charge is 2.14. The molecule has 0 aliphatic carbocycles. The van der Waals surface area contributed by atoms with Crippen molar-refractivity contribution in [1.82, 2.24) is 5.32 Å². The third-order valence-electron chi connectivity index (χ3n) is 3.52. The van der Waals surface area contributed by atoms with E-state index < -0.39 is 0 Å². The first-order valence-electron chi connectivity index (χ1n) is 7.41. The summed E-state index contributed by atoms with van der Waals surface area (Å²) in [5, 5.41) is 5.10. The molecule has 2 aromatic rings. The van der Waals surface area contributed by atoms with Gasteiger partial charge in [-0.3, -0.25) is 0 Å². The summed E-state index contributed by atoms with van der Waals surface area (Å²) in [5.74, 6) is 0. The first kappa shape index (κ1) is 16.4. The first-order chi connectivity index (χ1) is 10.2. The van der Waals surface area contributed by atoms with Gasteiger partial charge < -0.3 is 5.32 Å². The third-order valence-corrected chi connectivity index (χ3v) is 4.23. The molecule has 0 saturated carbocycles. The maximum absolute atomic E-state index is 6.30. The van der Waals surface area contributed by atoms with E-state index in [9.17, 15) is 0 Å². The normalized spacial score (nSPS) is 12.3. The number of benzene rings is 2. The van der Waals surface area contributed by atoms with Crippen LogP contribution in [0.5, 0.6) is 0 Å². The van der Waals surface area contributed by atoms with Gasteiger partial charge in [0.15, 0.2) is 0 Å². The smallest absolute Gasteiger partial charge is 0.0453 e. The quantitative estimate of drug-likeness (QED) is 0.743. The lowest BCUT2D eigenvalue weighted by Crippen LogP contribution is -2.34. The van der Waals surface area contributed by atoms with Crippen molar-refractivity contribution in [3.8, 4) is 0 Å². The highest BCUT2D eigenvalue weighted by atomic mass is 35.5. The van der Waals surface area contributed by atoms with E-state index in [0.29, 0.717) is 6.04 Å². The fraction of sp³-hybridized carbons (Fsp3) is 0.333. The van der Waals surface area contributed by atoms with Crippen LogP contribution in [0.3, 0.4) is 0 Å². The SMILES string of the molecule is CCCNC(Cc1ccccc1)Cc1c(Cl)cccc1Cl. The minimum Gasteiger partial charge on any atom is -0.313 e. The molecule has 21 heavy (non-hydrogen) atoms. The lowest BCUT2D eigenvalue weighted by atomic mass is 9.98. The molecule has 0 heterocycles. The zero-order valence-corrected chi connectivity index (χ0v) is 13.8. The van der Waals surface area contributed by atoms with E-state index in [2.05, 4.69) is 36.5 Å². The molecule has 2 aromatic carbocycles. The summed E-state index contributed by atoms with van der Waals surface area (Å²) in [7, 11) is 0. The van der Waals surface area contributed by atoms with Gasteiger partial charge >= 0.3 is 0 Å². The van der Waals surface area contributed by atoms with E-state index in [1.54, 1.807) is 0 Å². The zero-order chi connectivity index (χ0) is 15.1. The molecule has 0 aromatic heterocycles. The van der Waals surface area contributed by atoms with E-state index in [0.717, 1.165) is 41.4 Å². The second-order valence-corrected chi connectivity index (χ2v) is 6.06. The molecule has 112 valence electrons. The van der Waals surface area contributed by atoms with E-state index in [1.165, 1.54) is 5.56 Å². The minimum atomic E-state index is 0.338. The van der Waals surface area contributed by atoms with Crippen molar-refractivity contribution in [3.05, 3.63) is 69.7 Å². The Hall–Kier alpha value is -1.02. The zero-order valence-electron chi connectivity index (χ0n) is 12.3. The third kappa shape index (κ3) is 5.03. The summed E-state index contributed by atoms with van der Waals surface area (Å²) in [6, 6.07) is 16.6. The van der Waals surface area contributed by atoms with Crippen molar-refractivity contribution in [2.24, 2.45) is 0 Å². The Balaban J connectivity index is 2.12. The van der Waals surface area contributed by atoms with Crippen LogP contribution in [0, 0.1) is 0 Å². The number of hydrogen-bond donors (Lipinski definition) is 1. The lowest BCUT2D eigenvalue weighted by molar-refractivity contribution is 0.505.